The molecule has 0 aliphatic carbocycles. The fourth-order valence-electron chi connectivity index (χ4n) is 3.93. The van der Waals surface area contributed by atoms with Crippen molar-refractivity contribution in [3.8, 4) is 0 Å². The second-order valence-electron chi connectivity index (χ2n) is 9.11. The van der Waals surface area contributed by atoms with E-state index in [4.69, 9.17) is 0 Å². The summed E-state index contributed by atoms with van der Waals surface area (Å²) in [6, 6.07) is 0. The number of hydrogen-bond donors (Lipinski definition) is 0. The summed E-state index contributed by atoms with van der Waals surface area (Å²) in [4.78, 5) is 0. The SMILES string of the molecule is CCC(CC)C[N+](C)(C)CCCCC[N+](C)(C)CC(CC)CC.[I-].[I-]. The Hall–Kier alpha value is 1.38. The highest BCUT2D eigenvalue weighted by Gasteiger charge is 2.21. The molecule has 0 N–H and O–H groups in total. The van der Waals surface area contributed by atoms with E-state index in [1.165, 1.54) is 80.1 Å². The predicted octanol–water partition coefficient (Wildman–Crippen LogP) is -0.810. The van der Waals surface area contributed by atoms with Crippen LogP contribution in [0.3, 0.4) is 0 Å². The van der Waals surface area contributed by atoms with Crippen LogP contribution in [0, 0.1) is 11.8 Å². The third-order valence-corrected chi connectivity index (χ3v) is 5.84. The molecule has 0 spiro atoms. The van der Waals surface area contributed by atoms with Gasteiger partial charge in [-0.1, -0.05) is 27.7 Å². The average molecular weight is 582 g/mol. The number of quaternary nitrogens is 2. The molecule has 4 heteroatoms. The van der Waals surface area contributed by atoms with Gasteiger partial charge in [-0.25, -0.2) is 0 Å². The number of unbranched alkanes of at least 4 members (excludes halogenated alkanes) is 2. The standard InChI is InChI=1S/C21H48N2.2HI/c1-9-20(10-2)18-22(5,6)16-14-13-15-17-23(7,8)19-21(11-3)12-4;;/h20-21H,9-19H2,1-8H3;2*1H/q+2;;/p-2. The van der Waals surface area contributed by atoms with Crippen molar-refractivity contribution in [2.24, 2.45) is 11.8 Å². The molecule has 0 bridgehead atoms. The van der Waals surface area contributed by atoms with Crippen LogP contribution in [0.4, 0.5) is 0 Å². The van der Waals surface area contributed by atoms with Crippen molar-refractivity contribution in [1.82, 2.24) is 0 Å². The summed E-state index contributed by atoms with van der Waals surface area (Å²) in [6.07, 6.45) is 9.50. The maximum atomic E-state index is 2.42. The molecular weight excluding hydrogens is 534 g/mol. The van der Waals surface area contributed by atoms with Crippen LogP contribution in [0.15, 0.2) is 0 Å². The van der Waals surface area contributed by atoms with E-state index in [0.717, 1.165) is 11.8 Å². The fraction of sp³-hybridized carbons (Fsp3) is 1.00. The van der Waals surface area contributed by atoms with Gasteiger partial charge < -0.3 is 56.9 Å². The topological polar surface area (TPSA) is 0 Å². The van der Waals surface area contributed by atoms with E-state index in [0.29, 0.717) is 0 Å². The molecule has 0 aliphatic heterocycles. The van der Waals surface area contributed by atoms with E-state index in [1.54, 1.807) is 0 Å². The van der Waals surface area contributed by atoms with Crippen molar-refractivity contribution in [1.29, 1.82) is 0 Å². The summed E-state index contributed by atoms with van der Waals surface area (Å²) in [5.74, 6) is 1.81. The Kier molecular flexibility index (Phi) is 20.3. The highest BCUT2D eigenvalue weighted by molar-refractivity contribution is 4.55. The lowest BCUT2D eigenvalue weighted by atomic mass is 10.0. The van der Waals surface area contributed by atoms with Gasteiger partial charge >= 0.3 is 0 Å². The summed E-state index contributed by atoms with van der Waals surface area (Å²) in [6.45, 7) is 14.8. The van der Waals surface area contributed by atoms with Crippen molar-refractivity contribution in [2.75, 3.05) is 54.4 Å². The molecule has 0 fully saturated rings. The molecular formula is C21H48I2N2. The minimum Gasteiger partial charge on any atom is -1.00 e. The molecule has 0 saturated carbocycles. The molecule has 2 nitrogen and oxygen atoms in total. The summed E-state index contributed by atoms with van der Waals surface area (Å²) < 4.78 is 2.41. The Morgan fingerprint density at radius 2 is 0.800 bits per heavy atom. The molecule has 0 saturated heterocycles. The number of rotatable bonds is 14. The number of nitrogens with zero attached hydrogens (tertiary/aromatic N) is 2. The van der Waals surface area contributed by atoms with Crippen LogP contribution in [0.2, 0.25) is 0 Å². The van der Waals surface area contributed by atoms with Gasteiger partial charge in [-0.2, -0.15) is 0 Å². The first-order valence-corrected chi connectivity index (χ1v) is 10.3. The number of hydrogen-bond acceptors (Lipinski definition) is 0. The second kappa shape index (κ2) is 16.3. The van der Waals surface area contributed by atoms with Crippen LogP contribution in [-0.4, -0.2) is 63.3 Å². The summed E-state index contributed by atoms with van der Waals surface area (Å²) in [5, 5.41) is 0. The van der Waals surface area contributed by atoms with Gasteiger partial charge in [0.2, 0.25) is 0 Å². The molecule has 156 valence electrons. The van der Waals surface area contributed by atoms with E-state index in [2.05, 4.69) is 55.9 Å². The lowest BCUT2D eigenvalue weighted by Crippen LogP contribution is -3.00. The Morgan fingerprint density at radius 3 is 1.04 bits per heavy atom. The van der Waals surface area contributed by atoms with Gasteiger partial charge in [0.15, 0.2) is 0 Å². The quantitative estimate of drug-likeness (QED) is 0.143. The van der Waals surface area contributed by atoms with Crippen LogP contribution in [0.5, 0.6) is 0 Å². The summed E-state index contributed by atoms with van der Waals surface area (Å²) in [7, 11) is 9.69. The highest BCUT2D eigenvalue weighted by atomic mass is 127. The molecule has 0 radical (unpaired) electrons. The molecule has 0 rings (SSSR count). The third-order valence-electron chi connectivity index (χ3n) is 5.84. The van der Waals surface area contributed by atoms with Gasteiger partial charge in [0.25, 0.3) is 0 Å². The van der Waals surface area contributed by atoms with E-state index in [-0.39, 0.29) is 48.0 Å². The van der Waals surface area contributed by atoms with Gasteiger partial charge in [-0.05, 0) is 44.9 Å². The Balaban J connectivity index is -0.00000242. The second-order valence-corrected chi connectivity index (χ2v) is 9.11. The maximum Gasteiger partial charge on any atom is 0.0810 e. The zero-order valence-electron chi connectivity index (χ0n) is 18.6. The van der Waals surface area contributed by atoms with Gasteiger partial charge in [0, 0.05) is 11.8 Å². The first-order valence-electron chi connectivity index (χ1n) is 10.3. The largest absolute Gasteiger partial charge is 1.00 e. The minimum atomic E-state index is 0. The Bertz CT molecular complexity index is 258. The zero-order valence-corrected chi connectivity index (χ0v) is 22.9. The summed E-state index contributed by atoms with van der Waals surface area (Å²) in [5.41, 5.74) is 0. The van der Waals surface area contributed by atoms with Gasteiger partial charge in [0.1, 0.15) is 0 Å². The van der Waals surface area contributed by atoms with E-state index in [1.807, 2.05) is 0 Å². The molecule has 0 aromatic heterocycles. The maximum absolute atomic E-state index is 2.42. The molecule has 0 unspecified atom stereocenters. The van der Waals surface area contributed by atoms with Gasteiger partial charge in [0.05, 0.1) is 54.4 Å². The molecule has 0 aromatic rings. The summed E-state index contributed by atoms with van der Waals surface area (Å²) >= 11 is 0. The minimum absolute atomic E-state index is 0. The van der Waals surface area contributed by atoms with Gasteiger partial charge in [-0.15, -0.1) is 0 Å². The van der Waals surface area contributed by atoms with Crippen molar-refractivity contribution in [3.05, 3.63) is 0 Å². The predicted molar refractivity (Wildman–Crippen MR) is 106 cm³/mol. The normalized spacial score (nSPS) is 12.2. The van der Waals surface area contributed by atoms with Crippen LogP contribution >= 0.6 is 0 Å². The lowest BCUT2D eigenvalue weighted by Gasteiger charge is -2.34. The molecule has 0 aromatic carbocycles. The zero-order chi connectivity index (χ0) is 17.9. The van der Waals surface area contributed by atoms with Crippen molar-refractivity contribution in [3.63, 3.8) is 0 Å². The smallest absolute Gasteiger partial charge is 0.0810 e. The average Bonchev–Trinajstić information content (AvgIpc) is 2.49. The first kappa shape index (κ1) is 31.1. The first-order chi connectivity index (χ1) is 10.7. The monoisotopic (exact) mass is 582 g/mol. The van der Waals surface area contributed by atoms with Crippen LogP contribution in [0.1, 0.15) is 72.6 Å². The van der Waals surface area contributed by atoms with Crippen LogP contribution in [0.25, 0.3) is 0 Å². The van der Waals surface area contributed by atoms with Gasteiger partial charge in [-0.3, -0.25) is 0 Å². The third kappa shape index (κ3) is 16.1. The fourth-order valence-corrected chi connectivity index (χ4v) is 3.93. The molecule has 0 atom stereocenters. The van der Waals surface area contributed by atoms with E-state index >= 15 is 0 Å². The van der Waals surface area contributed by atoms with Crippen molar-refractivity contribution in [2.45, 2.75) is 72.6 Å². The van der Waals surface area contributed by atoms with Crippen LogP contribution < -0.4 is 48.0 Å². The molecule has 0 heterocycles. The number of halogens is 2. The molecule has 25 heavy (non-hydrogen) atoms. The van der Waals surface area contributed by atoms with E-state index in [9.17, 15) is 0 Å². The molecule has 0 amide bonds. The lowest BCUT2D eigenvalue weighted by molar-refractivity contribution is -0.896. The highest BCUT2D eigenvalue weighted by Crippen LogP contribution is 2.16. The van der Waals surface area contributed by atoms with Crippen molar-refractivity contribution < 1.29 is 56.9 Å². The van der Waals surface area contributed by atoms with Crippen molar-refractivity contribution >= 4 is 0 Å². The van der Waals surface area contributed by atoms with E-state index < -0.39 is 0 Å². The van der Waals surface area contributed by atoms with Crippen LogP contribution in [-0.2, 0) is 0 Å². The Morgan fingerprint density at radius 1 is 0.520 bits per heavy atom. The Labute approximate surface area is 194 Å². The molecule has 0 aliphatic rings.